The molecule has 9 heteroatoms. The zero-order chi connectivity index (χ0) is 24.4. The Kier molecular flexibility index (Phi) is 6.59. The summed E-state index contributed by atoms with van der Waals surface area (Å²) in [5, 5.41) is 4.06. The number of furan rings is 1. The number of rotatable bonds is 7. The molecule has 0 aliphatic heterocycles. The van der Waals surface area contributed by atoms with Crippen molar-refractivity contribution in [2.75, 3.05) is 17.7 Å². The predicted molar refractivity (Wildman–Crippen MR) is 135 cm³/mol. The van der Waals surface area contributed by atoms with Crippen molar-refractivity contribution >= 4 is 51.4 Å². The summed E-state index contributed by atoms with van der Waals surface area (Å²) in [7, 11) is 0. The van der Waals surface area contributed by atoms with Crippen molar-refractivity contribution in [1.82, 2.24) is 9.55 Å². The van der Waals surface area contributed by atoms with Crippen molar-refractivity contribution in [1.29, 1.82) is 0 Å². The van der Waals surface area contributed by atoms with E-state index in [9.17, 15) is 14.4 Å². The summed E-state index contributed by atoms with van der Waals surface area (Å²) < 4.78 is 12.6. The van der Waals surface area contributed by atoms with Crippen molar-refractivity contribution in [2.24, 2.45) is 0 Å². The number of ether oxygens (including phenoxy) is 1. The minimum Gasteiger partial charge on any atom is -0.462 e. The van der Waals surface area contributed by atoms with Gasteiger partial charge in [-0.25, -0.2) is 9.78 Å². The molecule has 180 valence electrons. The second-order valence-corrected chi connectivity index (χ2v) is 9.33. The monoisotopic (exact) mass is 491 g/mol. The third-order valence-electron chi connectivity index (χ3n) is 6.11. The molecular weight excluding hydrogens is 466 g/mol. The first-order valence-electron chi connectivity index (χ1n) is 11.7. The average molecular weight is 492 g/mol. The van der Waals surface area contributed by atoms with Gasteiger partial charge in [-0.05, 0) is 44.0 Å². The van der Waals surface area contributed by atoms with Crippen molar-refractivity contribution in [3.8, 4) is 0 Å². The van der Waals surface area contributed by atoms with E-state index < -0.39 is 5.97 Å². The van der Waals surface area contributed by atoms with E-state index in [0.717, 1.165) is 31.1 Å². The number of thioether (sulfide) groups is 1. The van der Waals surface area contributed by atoms with Gasteiger partial charge < -0.3 is 14.5 Å². The molecule has 0 unspecified atom stereocenters. The van der Waals surface area contributed by atoms with E-state index in [0.29, 0.717) is 27.5 Å². The smallest absolute Gasteiger partial charge is 0.340 e. The van der Waals surface area contributed by atoms with Gasteiger partial charge >= 0.3 is 5.97 Å². The number of amides is 1. The number of anilines is 1. The van der Waals surface area contributed by atoms with Gasteiger partial charge in [-0.2, -0.15) is 0 Å². The number of carbonyl (C=O) groups is 2. The summed E-state index contributed by atoms with van der Waals surface area (Å²) in [5.74, 6) is -0.779. The first-order chi connectivity index (χ1) is 17.1. The first-order valence-corrected chi connectivity index (χ1v) is 12.7. The van der Waals surface area contributed by atoms with Crippen LogP contribution >= 0.6 is 11.8 Å². The number of fused-ring (bicyclic) bond motifs is 3. The van der Waals surface area contributed by atoms with Crippen LogP contribution in [0, 0.1) is 0 Å². The maximum atomic E-state index is 13.5. The summed E-state index contributed by atoms with van der Waals surface area (Å²) >= 11 is 1.21. The molecule has 1 amide bonds. The van der Waals surface area contributed by atoms with Crippen molar-refractivity contribution in [3.63, 3.8) is 0 Å². The maximum Gasteiger partial charge on any atom is 0.340 e. The predicted octanol–water partition coefficient (Wildman–Crippen LogP) is 5.17. The minimum atomic E-state index is -0.495. The van der Waals surface area contributed by atoms with Gasteiger partial charge in [0.1, 0.15) is 11.1 Å². The Bertz CT molecular complexity index is 1470. The van der Waals surface area contributed by atoms with Crippen LogP contribution in [-0.4, -0.2) is 33.8 Å². The number of benzene rings is 2. The van der Waals surface area contributed by atoms with Crippen molar-refractivity contribution in [2.45, 2.75) is 43.8 Å². The summed E-state index contributed by atoms with van der Waals surface area (Å²) in [6, 6.07) is 14.2. The Morgan fingerprint density at radius 3 is 2.69 bits per heavy atom. The van der Waals surface area contributed by atoms with E-state index in [1.165, 1.54) is 11.8 Å². The Morgan fingerprint density at radius 2 is 1.89 bits per heavy atom. The Hall–Kier alpha value is -3.59. The van der Waals surface area contributed by atoms with Crippen LogP contribution in [0.25, 0.3) is 22.1 Å². The van der Waals surface area contributed by atoms with Crippen LogP contribution in [0.15, 0.2) is 62.9 Å². The molecule has 8 nitrogen and oxygen atoms in total. The second-order valence-electron chi connectivity index (χ2n) is 8.39. The van der Waals surface area contributed by atoms with Gasteiger partial charge in [0.05, 0.1) is 23.6 Å². The molecule has 4 aromatic rings. The molecule has 2 aromatic heterocycles. The van der Waals surface area contributed by atoms with E-state index in [4.69, 9.17) is 14.1 Å². The van der Waals surface area contributed by atoms with Crippen molar-refractivity contribution < 1.29 is 18.7 Å². The van der Waals surface area contributed by atoms with Crippen LogP contribution in [0.4, 0.5) is 5.69 Å². The molecule has 1 saturated carbocycles. The highest BCUT2D eigenvalue weighted by molar-refractivity contribution is 7.99. The van der Waals surface area contributed by atoms with Gasteiger partial charge in [0.15, 0.2) is 5.16 Å². The number of carbonyl (C=O) groups excluding carboxylic acids is 2. The van der Waals surface area contributed by atoms with Gasteiger partial charge in [0.2, 0.25) is 11.5 Å². The van der Waals surface area contributed by atoms with E-state index in [2.05, 4.69) is 5.32 Å². The maximum absolute atomic E-state index is 13.5. The van der Waals surface area contributed by atoms with Crippen LogP contribution in [0.2, 0.25) is 0 Å². The average Bonchev–Trinajstić information content (AvgIpc) is 3.52. The van der Waals surface area contributed by atoms with Gasteiger partial charge in [0, 0.05) is 11.4 Å². The Morgan fingerprint density at radius 1 is 1.14 bits per heavy atom. The quantitative estimate of drug-likeness (QED) is 0.216. The number of hydrogen-bond donors (Lipinski definition) is 1. The summed E-state index contributed by atoms with van der Waals surface area (Å²) in [5.41, 5.74) is 1.83. The van der Waals surface area contributed by atoms with Gasteiger partial charge in [-0.15, -0.1) is 0 Å². The van der Waals surface area contributed by atoms with Crippen LogP contribution in [0.5, 0.6) is 0 Å². The lowest BCUT2D eigenvalue weighted by Gasteiger charge is -2.17. The number of para-hydroxylation sites is 2. The van der Waals surface area contributed by atoms with Gasteiger partial charge in [0.25, 0.3) is 5.56 Å². The number of esters is 1. The molecule has 0 atom stereocenters. The van der Waals surface area contributed by atoms with Crippen molar-refractivity contribution in [3.05, 3.63) is 64.4 Å². The van der Waals surface area contributed by atoms with Gasteiger partial charge in [-0.3, -0.25) is 14.2 Å². The molecule has 0 spiro atoms. The molecule has 1 N–H and O–H groups in total. The first kappa shape index (κ1) is 23.2. The molecule has 0 radical (unpaired) electrons. The molecule has 1 fully saturated rings. The number of nitrogens with zero attached hydrogens (tertiary/aromatic N) is 2. The summed E-state index contributed by atoms with van der Waals surface area (Å²) in [6.07, 6.45) is 3.87. The highest BCUT2D eigenvalue weighted by Gasteiger charge is 2.26. The topological polar surface area (TPSA) is 103 Å². The van der Waals surface area contributed by atoms with E-state index in [1.54, 1.807) is 35.8 Å². The Labute approximate surface area is 205 Å². The van der Waals surface area contributed by atoms with E-state index >= 15 is 0 Å². The van der Waals surface area contributed by atoms with Crippen LogP contribution in [0.3, 0.4) is 0 Å². The lowest BCUT2D eigenvalue weighted by atomic mass is 10.2. The fraction of sp³-hybridized carbons (Fsp3) is 0.308. The van der Waals surface area contributed by atoms with Crippen LogP contribution in [-0.2, 0) is 9.53 Å². The summed E-state index contributed by atoms with van der Waals surface area (Å²) in [4.78, 5) is 43.4. The number of nitrogens with one attached hydrogen (secondary N) is 1. The normalized spacial score (nSPS) is 14.0. The summed E-state index contributed by atoms with van der Waals surface area (Å²) in [6.45, 7) is 1.97. The molecule has 1 aliphatic rings. The molecular formula is C26H25N3O5S. The van der Waals surface area contributed by atoms with E-state index in [-0.39, 0.29) is 35.5 Å². The second kappa shape index (κ2) is 9.95. The number of aromatic nitrogens is 2. The van der Waals surface area contributed by atoms with Crippen LogP contribution in [0.1, 0.15) is 49.0 Å². The van der Waals surface area contributed by atoms with E-state index in [1.807, 2.05) is 24.3 Å². The lowest BCUT2D eigenvalue weighted by Crippen LogP contribution is -2.26. The molecule has 2 heterocycles. The molecule has 0 bridgehead atoms. The molecule has 35 heavy (non-hydrogen) atoms. The van der Waals surface area contributed by atoms with Crippen LogP contribution < -0.4 is 10.9 Å². The highest BCUT2D eigenvalue weighted by Crippen LogP contribution is 2.34. The zero-order valence-electron chi connectivity index (χ0n) is 19.3. The molecule has 0 saturated heterocycles. The highest BCUT2D eigenvalue weighted by atomic mass is 32.2. The molecule has 5 rings (SSSR count). The minimum absolute atomic E-state index is 0.0254. The van der Waals surface area contributed by atoms with Gasteiger partial charge in [-0.1, -0.05) is 48.9 Å². The SMILES string of the molecule is CCOC(=O)c1ccccc1NC(=O)CSc1nc2c(oc3ccccc32)c(=O)n1C1CCCC1. The largest absolute Gasteiger partial charge is 0.462 e. The Balaban J connectivity index is 1.44. The fourth-order valence-corrected chi connectivity index (χ4v) is 5.37. The zero-order valence-corrected chi connectivity index (χ0v) is 20.1. The lowest BCUT2D eigenvalue weighted by molar-refractivity contribution is -0.113. The third kappa shape index (κ3) is 4.55. The third-order valence-corrected chi connectivity index (χ3v) is 7.07. The molecule has 1 aliphatic carbocycles. The standard InChI is InChI=1S/C26H25N3O5S/c1-2-33-25(32)17-11-5-7-13-19(17)27-21(30)15-35-26-28-22-18-12-6-8-14-20(18)34-23(22)24(31)29(26)16-9-3-4-10-16/h5-8,11-14,16H,2-4,9-10,15H2,1H3,(H,27,30). The molecule has 2 aromatic carbocycles. The number of hydrogen-bond acceptors (Lipinski definition) is 7. The fourth-order valence-electron chi connectivity index (χ4n) is 4.52.